The number of rotatable bonds is 3. The van der Waals surface area contributed by atoms with Crippen LogP contribution in [0, 0.1) is 23.2 Å². The number of primary amides is 1. The van der Waals surface area contributed by atoms with Crippen molar-refractivity contribution in [2.24, 2.45) is 17.6 Å². The van der Waals surface area contributed by atoms with Gasteiger partial charge in [-0.05, 0) is 37.3 Å². The van der Waals surface area contributed by atoms with Crippen LogP contribution < -0.4 is 10.5 Å². The summed E-state index contributed by atoms with van der Waals surface area (Å²) < 4.78 is 5.90. The highest BCUT2D eigenvalue weighted by Crippen LogP contribution is 2.32. The molecule has 1 aliphatic carbocycles. The highest BCUT2D eigenvalue weighted by Gasteiger charge is 2.30. The van der Waals surface area contributed by atoms with Crippen molar-refractivity contribution in [2.75, 3.05) is 0 Å². The Balaban J connectivity index is 2.20. The summed E-state index contributed by atoms with van der Waals surface area (Å²) in [6, 6.07) is 9.23. The molecule has 2 rings (SSSR count). The molecular formula is C15H18N2O2. The molecule has 0 radical (unpaired) electrons. The molecule has 100 valence electrons. The van der Waals surface area contributed by atoms with Gasteiger partial charge in [-0.25, -0.2) is 0 Å². The van der Waals surface area contributed by atoms with Gasteiger partial charge in [0.05, 0.1) is 17.6 Å². The van der Waals surface area contributed by atoms with Crippen LogP contribution in [-0.2, 0) is 0 Å². The first-order valence-corrected chi connectivity index (χ1v) is 6.57. The predicted molar refractivity (Wildman–Crippen MR) is 71.5 cm³/mol. The quantitative estimate of drug-likeness (QED) is 0.904. The second kappa shape index (κ2) is 5.75. The van der Waals surface area contributed by atoms with Crippen LogP contribution >= 0.6 is 0 Å². The van der Waals surface area contributed by atoms with Crippen molar-refractivity contribution in [3.8, 4) is 11.8 Å². The van der Waals surface area contributed by atoms with Crippen molar-refractivity contribution in [2.45, 2.75) is 32.3 Å². The third-order valence-electron chi connectivity index (χ3n) is 3.65. The summed E-state index contributed by atoms with van der Waals surface area (Å²) in [4.78, 5) is 11.4. The molecule has 1 amide bonds. The smallest absolute Gasteiger partial charge is 0.252 e. The summed E-state index contributed by atoms with van der Waals surface area (Å²) in [7, 11) is 0. The van der Waals surface area contributed by atoms with E-state index in [-0.39, 0.29) is 12.0 Å². The molecule has 0 aliphatic heterocycles. The normalized spacial score (nSPS) is 26.4. The second-order valence-corrected chi connectivity index (χ2v) is 5.17. The molecule has 0 bridgehead atoms. The van der Waals surface area contributed by atoms with Gasteiger partial charge in [0, 0.05) is 0 Å². The number of nitrogens with zero attached hydrogens (tertiary/aromatic N) is 1. The number of ether oxygens (including phenoxy) is 1. The van der Waals surface area contributed by atoms with Gasteiger partial charge in [0.2, 0.25) is 0 Å². The molecule has 3 atom stereocenters. The number of amides is 1. The number of benzene rings is 1. The Bertz CT molecular complexity index is 507. The van der Waals surface area contributed by atoms with Gasteiger partial charge in [0.1, 0.15) is 11.9 Å². The molecule has 1 fully saturated rings. The SMILES string of the molecule is CC1CCC(C#N)C(Oc2ccccc2C(N)=O)C1. The molecule has 0 heterocycles. The predicted octanol–water partition coefficient (Wildman–Crippen LogP) is 2.49. The van der Waals surface area contributed by atoms with Crippen LogP contribution in [0.2, 0.25) is 0 Å². The third kappa shape index (κ3) is 3.05. The number of hydrogen-bond donors (Lipinski definition) is 1. The van der Waals surface area contributed by atoms with E-state index >= 15 is 0 Å². The van der Waals surface area contributed by atoms with E-state index in [2.05, 4.69) is 13.0 Å². The van der Waals surface area contributed by atoms with Gasteiger partial charge >= 0.3 is 0 Å². The Morgan fingerprint density at radius 1 is 1.42 bits per heavy atom. The number of carbonyl (C=O) groups excluding carboxylic acids is 1. The van der Waals surface area contributed by atoms with E-state index in [9.17, 15) is 10.1 Å². The zero-order valence-electron chi connectivity index (χ0n) is 11.0. The molecule has 0 spiro atoms. The Kier molecular flexibility index (Phi) is 4.06. The molecule has 1 saturated carbocycles. The van der Waals surface area contributed by atoms with Crippen LogP contribution in [0.3, 0.4) is 0 Å². The van der Waals surface area contributed by atoms with Crippen molar-refractivity contribution >= 4 is 5.91 Å². The lowest BCUT2D eigenvalue weighted by atomic mass is 9.81. The summed E-state index contributed by atoms with van der Waals surface area (Å²) in [5.41, 5.74) is 5.70. The van der Waals surface area contributed by atoms with Crippen molar-refractivity contribution in [1.82, 2.24) is 0 Å². The number of nitrogens with two attached hydrogens (primary N) is 1. The van der Waals surface area contributed by atoms with E-state index in [1.807, 2.05) is 0 Å². The van der Waals surface area contributed by atoms with Crippen LogP contribution in [0.4, 0.5) is 0 Å². The summed E-state index contributed by atoms with van der Waals surface area (Å²) in [5.74, 6) is 0.398. The number of nitriles is 1. The molecule has 1 aliphatic rings. The monoisotopic (exact) mass is 258 g/mol. The molecule has 2 N–H and O–H groups in total. The number of para-hydroxylation sites is 1. The minimum Gasteiger partial charge on any atom is -0.488 e. The first-order valence-electron chi connectivity index (χ1n) is 6.57. The fourth-order valence-corrected chi connectivity index (χ4v) is 2.54. The van der Waals surface area contributed by atoms with Crippen molar-refractivity contribution in [1.29, 1.82) is 5.26 Å². The topological polar surface area (TPSA) is 76.1 Å². The Hall–Kier alpha value is -2.02. The zero-order valence-corrected chi connectivity index (χ0v) is 11.0. The van der Waals surface area contributed by atoms with Crippen LogP contribution in [0.15, 0.2) is 24.3 Å². The molecule has 4 nitrogen and oxygen atoms in total. The second-order valence-electron chi connectivity index (χ2n) is 5.17. The van der Waals surface area contributed by atoms with Gasteiger partial charge in [-0.1, -0.05) is 19.1 Å². The highest BCUT2D eigenvalue weighted by molar-refractivity contribution is 5.95. The standard InChI is InChI=1S/C15H18N2O2/c1-10-6-7-11(9-16)14(8-10)19-13-5-3-2-4-12(13)15(17)18/h2-5,10-11,14H,6-8H2,1H3,(H2,17,18). The first kappa shape index (κ1) is 13.4. The van der Waals surface area contributed by atoms with E-state index in [1.165, 1.54) is 0 Å². The maximum atomic E-state index is 11.4. The van der Waals surface area contributed by atoms with E-state index in [0.29, 0.717) is 17.2 Å². The van der Waals surface area contributed by atoms with E-state index in [1.54, 1.807) is 24.3 Å². The fraction of sp³-hybridized carbons (Fsp3) is 0.467. The van der Waals surface area contributed by atoms with Crippen LogP contribution in [0.5, 0.6) is 5.75 Å². The van der Waals surface area contributed by atoms with Crippen molar-refractivity contribution in [3.63, 3.8) is 0 Å². The summed E-state index contributed by atoms with van der Waals surface area (Å²) >= 11 is 0. The minimum absolute atomic E-state index is 0.114. The zero-order chi connectivity index (χ0) is 13.8. The average Bonchev–Trinajstić information content (AvgIpc) is 2.39. The van der Waals surface area contributed by atoms with Crippen LogP contribution in [0.25, 0.3) is 0 Å². The average molecular weight is 258 g/mol. The van der Waals surface area contributed by atoms with E-state index < -0.39 is 5.91 Å². The molecule has 3 unspecified atom stereocenters. The lowest BCUT2D eigenvalue weighted by molar-refractivity contribution is 0.0901. The minimum atomic E-state index is -0.507. The number of hydrogen-bond acceptors (Lipinski definition) is 3. The number of carbonyl (C=O) groups is 1. The Morgan fingerprint density at radius 2 is 2.16 bits per heavy atom. The van der Waals surface area contributed by atoms with Gasteiger partial charge in [-0.3, -0.25) is 4.79 Å². The maximum Gasteiger partial charge on any atom is 0.252 e. The highest BCUT2D eigenvalue weighted by atomic mass is 16.5. The van der Waals surface area contributed by atoms with E-state index in [0.717, 1.165) is 19.3 Å². The summed E-state index contributed by atoms with van der Waals surface area (Å²) in [6.07, 6.45) is 2.58. The lowest BCUT2D eigenvalue weighted by Crippen LogP contribution is -2.33. The molecule has 19 heavy (non-hydrogen) atoms. The Morgan fingerprint density at radius 3 is 2.84 bits per heavy atom. The first-order chi connectivity index (χ1) is 9.11. The summed E-state index contributed by atoms with van der Waals surface area (Å²) in [5, 5.41) is 9.18. The van der Waals surface area contributed by atoms with Gasteiger partial charge in [0.15, 0.2) is 0 Å². The lowest BCUT2D eigenvalue weighted by Gasteiger charge is -2.31. The molecular weight excluding hydrogens is 240 g/mol. The molecule has 4 heteroatoms. The van der Waals surface area contributed by atoms with Gasteiger partial charge in [0.25, 0.3) is 5.91 Å². The van der Waals surface area contributed by atoms with Crippen molar-refractivity contribution < 1.29 is 9.53 Å². The molecule has 0 saturated heterocycles. The van der Waals surface area contributed by atoms with Crippen molar-refractivity contribution in [3.05, 3.63) is 29.8 Å². The fourth-order valence-electron chi connectivity index (χ4n) is 2.54. The maximum absolute atomic E-state index is 11.4. The van der Waals surface area contributed by atoms with Crippen LogP contribution in [-0.4, -0.2) is 12.0 Å². The van der Waals surface area contributed by atoms with Gasteiger partial charge in [-0.2, -0.15) is 5.26 Å². The largest absolute Gasteiger partial charge is 0.488 e. The van der Waals surface area contributed by atoms with E-state index in [4.69, 9.17) is 10.5 Å². The van der Waals surface area contributed by atoms with Crippen LogP contribution in [0.1, 0.15) is 36.5 Å². The molecule has 1 aromatic rings. The molecule has 1 aromatic carbocycles. The molecule has 0 aromatic heterocycles. The van der Waals surface area contributed by atoms with Gasteiger partial charge < -0.3 is 10.5 Å². The van der Waals surface area contributed by atoms with Gasteiger partial charge in [-0.15, -0.1) is 0 Å². The summed E-state index contributed by atoms with van der Waals surface area (Å²) in [6.45, 7) is 2.16. The Labute approximate surface area is 113 Å². The third-order valence-corrected chi connectivity index (χ3v) is 3.65.